The number of hydrogen-bond acceptors (Lipinski definition) is 3. The van der Waals surface area contributed by atoms with Gasteiger partial charge in [-0.05, 0) is 44.0 Å². The molecule has 0 fully saturated rings. The molecule has 0 saturated heterocycles. The molecular formula is C12H16N2O. The highest BCUT2D eigenvalue weighted by molar-refractivity contribution is 5.59. The summed E-state index contributed by atoms with van der Waals surface area (Å²) in [5, 5.41) is 11.8. The fourth-order valence-electron chi connectivity index (χ4n) is 1.42. The summed E-state index contributed by atoms with van der Waals surface area (Å²) in [7, 11) is 1.89. The zero-order valence-electron chi connectivity index (χ0n) is 9.59. The SMILES string of the molecule is CC=O.CNc1c(C)cc(C#N)cc1C. The quantitative estimate of drug-likeness (QED) is 0.715. The predicted molar refractivity (Wildman–Crippen MR) is 61.9 cm³/mol. The Balaban J connectivity index is 0.000000583. The smallest absolute Gasteiger partial charge is 0.116 e. The van der Waals surface area contributed by atoms with Crippen LogP contribution in [-0.4, -0.2) is 13.3 Å². The standard InChI is InChI=1S/C10H12N2.C2H4O/c1-7-4-9(6-11)5-8(2)10(7)12-3;1-2-3/h4-5,12H,1-3H3;2H,1H3. The first-order valence-corrected chi connectivity index (χ1v) is 4.69. The lowest BCUT2D eigenvalue weighted by molar-refractivity contribution is -0.106. The van der Waals surface area contributed by atoms with Crippen LogP contribution in [0.4, 0.5) is 5.69 Å². The Morgan fingerprint density at radius 2 is 1.73 bits per heavy atom. The van der Waals surface area contributed by atoms with Crippen molar-refractivity contribution < 1.29 is 4.79 Å². The van der Waals surface area contributed by atoms with Crippen molar-refractivity contribution in [1.82, 2.24) is 0 Å². The number of anilines is 1. The van der Waals surface area contributed by atoms with Crippen molar-refractivity contribution in [3.63, 3.8) is 0 Å². The average molecular weight is 204 g/mol. The third kappa shape index (κ3) is 3.82. The third-order valence-electron chi connectivity index (χ3n) is 1.91. The molecule has 3 nitrogen and oxygen atoms in total. The number of hydrogen-bond donors (Lipinski definition) is 1. The van der Waals surface area contributed by atoms with Gasteiger partial charge >= 0.3 is 0 Å². The Hall–Kier alpha value is -1.82. The van der Waals surface area contributed by atoms with Gasteiger partial charge in [0.25, 0.3) is 0 Å². The minimum Gasteiger partial charge on any atom is -0.388 e. The molecule has 0 radical (unpaired) electrons. The number of nitrogens with zero attached hydrogens (tertiary/aromatic N) is 1. The number of carbonyl (C=O) groups excluding carboxylic acids is 1. The monoisotopic (exact) mass is 204 g/mol. The van der Waals surface area contributed by atoms with Gasteiger partial charge in [0.2, 0.25) is 0 Å². The lowest BCUT2D eigenvalue weighted by Crippen LogP contribution is -1.95. The molecule has 0 bridgehead atoms. The van der Waals surface area contributed by atoms with E-state index in [-0.39, 0.29) is 0 Å². The largest absolute Gasteiger partial charge is 0.388 e. The number of rotatable bonds is 1. The molecule has 1 N–H and O–H groups in total. The number of carbonyl (C=O) groups is 1. The zero-order chi connectivity index (χ0) is 11.8. The second-order valence-electron chi connectivity index (χ2n) is 3.08. The molecule has 1 aromatic rings. The lowest BCUT2D eigenvalue weighted by atomic mass is 10.1. The van der Waals surface area contributed by atoms with Crippen LogP contribution < -0.4 is 5.32 Å². The van der Waals surface area contributed by atoms with E-state index >= 15 is 0 Å². The first-order chi connectivity index (χ1) is 7.10. The second-order valence-corrected chi connectivity index (χ2v) is 3.08. The van der Waals surface area contributed by atoms with Crippen LogP contribution in [0, 0.1) is 25.2 Å². The predicted octanol–water partition coefficient (Wildman–Crippen LogP) is 2.42. The lowest BCUT2D eigenvalue weighted by Gasteiger charge is -2.08. The molecule has 80 valence electrons. The first kappa shape index (κ1) is 13.2. The molecule has 0 aliphatic heterocycles. The first-order valence-electron chi connectivity index (χ1n) is 4.69. The van der Waals surface area contributed by atoms with Crippen LogP contribution in [0.15, 0.2) is 12.1 Å². The summed E-state index contributed by atoms with van der Waals surface area (Å²) in [4.78, 5) is 8.81. The van der Waals surface area contributed by atoms with Gasteiger partial charge in [0.1, 0.15) is 6.29 Å². The van der Waals surface area contributed by atoms with Crippen LogP contribution in [0.1, 0.15) is 23.6 Å². The minimum absolute atomic E-state index is 0.726. The molecule has 0 unspecified atom stereocenters. The van der Waals surface area contributed by atoms with E-state index in [1.807, 2.05) is 33.0 Å². The van der Waals surface area contributed by atoms with Gasteiger partial charge in [-0.15, -0.1) is 0 Å². The molecule has 0 aliphatic carbocycles. The minimum atomic E-state index is 0.726. The summed E-state index contributed by atoms with van der Waals surface area (Å²) in [6, 6.07) is 5.91. The second kappa shape index (κ2) is 6.61. The third-order valence-corrected chi connectivity index (χ3v) is 1.91. The highest BCUT2D eigenvalue weighted by Gasteiger charge is 2.01. The number of aryl methyl sites for hydroxylation is 2. The van der Waals surface area contributed by atoms with Crippen LogP contribution in [0.5, 0.6) is 0 Å². The van der Waals surface area contributed by atoms with Crippen LogP contribution >= 0.6 is 0 Å². The Kier molecular flexibility index (Phi) is 5.81. The highest BCUT2D eigenvalue weighted by atomic mass is 16.1. The summed E-state index contributed by atoms with van der Waals surface area (Å²) in [5.41, 5.74) is 4.08. The molecule has 0 aromatic heterocycles. The van der Waals surface area contributed by atoms with Crippen molar-refractivity contribution in [2.24, 2.45) is 0 Å². The van der Waals surface area contributed by atoms with Gasteiger partial charge in [0, 0.05) is 12.7 Å². The summed E-state index contributed by atoms with van der Waals surface area (Å²) >= 11 is 0. The van der Waals surface area contributed by atoms with Crippen LogP contribution in [-0.2, 0) is 4.79 Å². The fourth-order valence-corrected chi connectivity index (χ4v) is 1.42. The molecule has 3 heteroatoms. The van der Waals surface area contributed by atoms with Gasteiger partial charge < -0.3 is 10.1 Å². The normalized spacial score (nSPS) is 8.20. The zero-order valence-corrected chi connectivity index (χ0v) is 9.59. The molecule has 0 saturated carbocycles. The highest BCUT2D eigenvalue weighted by Crippen LogP contribution is 2.20. The topological polar surface area (TPSA) is 52.9 Å². The Labute approximate surface area is 90.7 Å². The average Bonchev–Trinajstić information content (AvgIpc) is 2.18. The molecule has 0 spiro atoms. The summed E-state index contributed by atoms with van der Waals surface area (Å²) in [6.07, 6.45) is 0.750. The van der Waals surface area contributed by atoms with E-state index in [0.29, 0.717) is 0 Å². The van der Waals surface area contributed by atoms with Crippen LogP contribution in [0.3, 0.4) is 0 Å². The molecule has 0 heterocycles. The van der Waals surface area contributed by atoms with E-state index in [9.17, 15) is 0 Å². The van der Waals surface area contributed by atoms with Gasteiger partial charge in [0.05, 0.1) is 11.6 Å². The van der Waals surface area contributed by atoms with Crippen molar-refractivity contribution in [3.8, 4) is 6.07 Å². The molecular weight excluding hydrogens is 188 g/mol. The van der Waals surface area contributed by atoms with Crippen molar-refractivity contribution >= 4 is 12.0 Å². The van der Waals surface area contributed by atoms with Gasteiger partial charge in [-0.25, -0.2) is 0 Å². The summed E-state index contributed by atoms with van der Waals surface area (Å²) < 4.78 is 0. The van der Waals surface area contributed by atoms with E-state index in [1.165, 1.54) is 6.92 Å². The molecule has 15 heavy (non-hydrogen) atoms. The van der Waals surface area contributed by atoms with Crippen LogP contribution in [0.25, 0.3) is 0 Å². The Bertz CT molecular complexity index is 355. The fraction of sp³-hybridized carbons (Fsp3) is 0.333. The van der Waals surface area contributed by atoms with E-state index in [4.69, 9.17) is 10.1 Å². The molecule has 0 amide bonds. The van der Waals surface area contributed by atoms with Gasteiger partial charge in [0.15, 0.2) is 0 Å². The van der Waals surface area contributed by atoms with Crippen molar-refractivity contribution in [2.45, 2.75) is 20.8 Å². The van der Waals surface area contributed by atoms with Gasteiger partial charge in [-0.2, -0.15) is 5.26 Å². The summed E-state index contributed by atoms with van der Waals surface area (Å²) in [6.45, 7) is 5.44. The Morgan fingerprint density at radius 1 is 1.33 bits per heavy atom. The number of benzene rings is 1. The van der Waals surface area contributed by atoms with Crippen molar-refractivity contribution in [3.05, 3.63) is 28.8 Å². The molecule has 1 aromatic carbocycles. The van der Waals surface area contributed by atoms with Crippen molar-refractivity contribution in [2.75, 3.05) is 12.4 Å². The van der Waals surface area contributed by atoms with Gasteiger partial charge in [-0.3, -0.25) is 0 Å². The van der Waals surface area contributed by atoms with E-state index < -0.39 is 0 Å². The van der Waals surface area contributed by atoms with E-state index in [2.05, 4.69) is 11.4 Å². The number of nitrogens with one attached hydrogen (secondary N) is 1. The summed E-state index contributed by atoms with van der Waals surface area (Å²) in [5.74, 6) is 0. The van der Waals surface area contributed by atoms with Crippen molar-refractivity contribution in [1.29, 1.82) is 5.26 Å². The number of nitriles is 1. The van der Waals surface area contributed by atoms with Gasteiger partial charge in [-0.1, -0.05) is 0 Å². The van der Waals surface area contributed by atoms with Crippen LogP contribution in [0.2, 0.25) is 0 Å². The maximum Gasteiger partial charge on any atom is 0.116 e. The molecule has 0 aliphatic rings. The molecule has 1 rings (SSSR count). The maximum absolute atomic E-state index is 8.81. The number of aldehydes is 1. The van der Waals surface area contributed by atoms with E-state index in [1.54, 1.807) is 0 Å². The molecule has 0 atom stereocenters. The Morgan fingerprint density at radius 3 is 2.00 bits per heavy atom. The van der Waals surface area contributed by atoms with E-state index in [0.717, 1.165) is 28.7 Å². The maximum atomic E-state index is 8.81.